The third-order valence-electron chi connectivity index (χ3n) is 5.42. The summed E-state index contributed by atoms with van der Waals surface area (Å²) < 4.78 is 46.8. The summed E-state index contributed by atoms with van der Waals surface area (Å²) in [4.78, 5) is 25.9. The summed E-state index contributed by atoms with van der Waals surface area (Å²) in [6.45, 7) is 1.50. The Labute approximate surface area is 210 Å². The Hall–Kier alpha value is -2.58. The number of nitrogens with one attached hydrogen (secondary N) is 1. The second kappa shape index (κ2) is 10.6. The van der Waals surface area contributed by atoms with Crippen molar-refractivity contribution in [3.05, 3.63) is 91.2 Å². The van der Waals surface area contributed by atoms with Gasteiger partial charge in [0.05, 0.1) is 22.3 Å². The number of rotatable bonds is 8. The van der Waals surface area contributed by atoms with Crippen molar-refractivity contribution < 1.29 is 22.7 Å². The summed E-state index contributed by atoms with van der Waals surface area (Å²) in [5.41, 5.74) is -1.08. The molecule has 12 heteroatoms. The second-order valence-corrected chi connectivity index (χ2v) is 10.9. The smallest absolute Gasteiger partial charge is 0.414 e. The molecule has 1 aliphatic heterocycles. The SMILES string of the molecule is Cc1cn(C2O[C@H](CCP(=O)(Oc3ccccc3Cl)Oc3ccccc3Cl)C[C@H]2F)c(=O)[nH]c1=O. The van der Waals surface area contributed by atoms with Gasteiger partial charge < -0.3 is 13.8 Å². The monoisotopic (exact) mass is 542 g/mol. The first-order chi connectivity index (χ1) is 16.6. The molecular formula is C23H22Cl2FN2O6P. The van der Waals surface area contributed by atoms with Gasteiger partial charge in [-0.05, 0) is 37.6 Å². The van der Waals surface area contributed by atoms with E-state index in [0.29, 0.717) is 0 Å². The van der Waals surface area contributed by atoms with E-state index in [2.05, 4.69) is 4.98 Å². The molecule has 1 fully saturated rings. The van der Waals surface area contributed by atoms with Gasteiger partial charge in [0.25, 0.3) is 5.56 Å². The van der Waals surface area contributed by atoms with Crippen LogP contribution >= 0.6 is 30.8 Å². The molecule has 0 aliphatic carbocycles. The van der Waals surface area contributed by atoms with E-state index in [1.165, 1.54) is 13.1 Å². The first-order valence-electron chi connectivity index (χ1n) is 10.7. The number of aryl methyl sites for hydroxylation is 1. The Bertz CT molecular complexity index is 1330. The molecule has 2 aromatic carbocycles. The van der Waals surface area contributed by atoms with Crippen LogP contribution in [0.15, 0.2) is 64.3 Å². The van der Waals surface area contributed by atoms with E-state index in [1.54, 1.807) is 48.5 Å². The average Bonchev–Trinajstić information content (AvgIpc) is 3.18. The largest absolute Gasteiger partial charge is 0.430 e. The molecule has 0 bridgehead atoms. The van der Waals surface area contributed by atoms with Gasteiger partial charge in [-0.2, -0.15) is 0 Å². The molecule has 3 atom stereocenters. The lowest BCUT2D eigenvalue weighted by molar-refractivity contribution is -0.0224. The summed E-state index contributed by atoms with van der Waals surface area (Å²) in [7, 11) is -3.89. The molecule has 1 saturated heterocycles. The lowest BCUT2D eigenvalue weighted by Crippen LogP contribution is -2.35. The van der Waals surface area contributed by atoms with Gasteiger partial charge in [-0.3, -0.25) is 14.3 Å². The Morgan fingerprint density at radius 2 is 1.66 bits per heavy atom. The average molecular weight is 543 g/mol. The standard InChI is InChI=1S/C23H22Cl2FN2O6P/c1-14-13-28(23(30)27-21(14)29)22-18(26)12-15(32-22)10-11-35(31,33-19-8-4-2-6-16(19)24)34-20-9-5-3-7-17(20)25/h2-9,13,15,18,22H,10-12H2,1H3,(H,27,29,30)/t15-,18-,22?/m1/s1. The topological polar surface area (TPSA) is 99.6 Å². The van der Waals surface area contributed by atoms with Crippen molar-refractivity contribution >= 4 is 30.8 Å². The van der Waals surface area contributed by atoms with Crippen LogP contribution in [-0.2, 0) is 9.30 Å². The van der Waals surface area contributed by atoms with Crippen LogP contribution in [0.3, 0.4) is 0 Å². The minimum absolute atomic E-state index is 0.0481. The molecule has 0 amide bonds. The highest BCUT2D eigenvalue weighted by molar-refractivity contribution is 7.54. The summed E-state index contributed by atoms with van der Waals surface area (Å²) in [6, 6.07) is 13.0. The number of hydrogen-bond acceptors (Lipinski definition) is 6. The molecule has 186 valence electrons. The van der Waals surface area contributed by atoms with E-state index in [4.69, 9.17) is 37.0 Å². The highest BCUT2D eigenvalue weighted by atomic mass is 35.5. The molecule has 35 heavy (non-hydrogen) atoms. The fraction of sp³-hybridized carbons (Fsp3) is 0.304. The lowest BCUT2D eigenvalue weighted by atomic mass is 10.2. The van der Waals surface area contributed by atoms with E-state index >= 15 is 0 Å². The number of para-hydroxylation sites is 2. The van der Waals surface area contributed by atoms with Crippen LogP contribution in [0, 0.1) is 6.92 Å². The van der Waals surface area contributed by atoms with Crippen LogP contribution in [0.1, 0.15) is 24.6 Å². The number of benzene rings is 2. The predicted molar refractivity (Wildman–Crippen MR) is 131 cm³/mol. The zero-order valence-corrected chi connectivity index (χ0v) is 20.9. The summed E-state index contributed by atoms with van der Waals surface area (Å²) in [5, 5.41) is 0.480. The normalized spacial score (nSPS) is 20.1. The molecule has 1 aromatic heterocycles. The molecule has 4 rings (SSSR count). The molecule has 8 nitrogen and oxygen atoms in total. The van der Waals surface area contributed by atoms with Gasteiger partial charge in [0, 0.05) is 18.2 Å². The van der Waals surface area contributed by atoms with Crippen molar-refractivity contribution in [2.45, 2.75) is 38.3 Å². The number of hydrogen-bond donors (Lipinski definition) is 1. The highest BCUT2D eigenvalue weighted by Crippen LogP contribution is 2.52. The Balaban J connectivity index is 1.53. The third-order valence-corrected chi connectivity index (χ3v) is 7.80. The van der Waals surface area contributed by atoms with Crippen LogP contribution in [0.5, 0.6) is 11.5 Å². The number of ether oxygens (including phenoxy) is 1. The van der Waals surface area contributed by atoms with Gasteiger partial charge in [0.2, 0.25) is 0 Å². The van der Waals surface area contributed by atoms with Crippen molar-refractivity contribution in [3.8, 4) is 11.5 Å². The van der Waals surface area contributed by atoms with Crippen LogP contribution < -0.4 is 20.3 Å². The van der Waals surface area contributed by atoms with Crippen molar-refractivity contribution in [2.75, 3.05) is 6.16 Å². The van der Waals surface area contributed by atoms with Gasteiger partial charge in [-0.25, -0.2) is 13.8 Å². The van der Waals surface area contributed by atoms with Gasteiger partial charge in [0.1, 0.15) is 17.7 Å². The highest BCUT2D eigenvalue weighted by Gasteiger charge is 2.40. The molecule has 1 N–H and O–H groups in total. The van der Waals surface area contributed by atoms with E-state index in [9.17, 15) is 18.5 Å². The van der Waals surface area contributed by atoms with E-state index in [0.717, 1.165) is 4.57 Å². The van der Waals surface area contributed by atoms with Crippen molar-refractivity contribution in [1.29, 1.82) is 0 Å². The maximum Gasteiger partial charge on any atom is 0.430 e. The maximum atomic E-state index is 14.8. The molecular weight excluding hydrogens is 521 g/mol. The Morgan fingerprint density at radius 1 is 1.09 bits per heavy atom. The second-order valence-electron chi connectivity index (χ2n) is 8.05. The van der Waals surface area contributed by atoms with E-state index < -0.39 is 37.3 Å². The van der Waals surface area contributed by atoms with Crippen LogP contribution in [-0.4, -0.2) is 28.0 Å². The Morgan fingerprint density at radius 3 is 2.23 bits per heavy atom. The van der Waals surface area contributed by atoms with Crippen molar-refractivity contribution in [2.24, 2.45) is 0 Å². The molecule has 1 unspecified atom stereocenters. The molecule has 0 spiro atoms. The molecule has 1 aliphatic rings. The third kappa shape index (κ3) is 5.98. The van der Waals surface area contributed by atoms with Crippen molar-refractivity contribution in [3.63, 3.8) is 0 Å². The Kier molecular flexibility index (Phi) is 7.71. The van der Waals surface area contributed by atoms with E-state index in [1.807, 2.05) is 0 Å². The maximum absolute atomic E-state index is 14.8. The lowest BCUT2D eigenvalue weighted by Gasteiger charge is -2.22. The summed E-state index contributed by atoms with van der Waals surface area (Å²) >= 11 is 12.4. The summed E-state index contributed by atoms with van der Waals surface area (Å²) in [5.74, 6) is 0.321. The number of aromatic nitrogens is 2. The first-order valence-corrected chi connectivity index (χ1v) is 13.2. The van der Waals surface area contributed by atoms with E-state index in [-0.39, 0.29) is 46.1 Å². The van der Waals surface area contributed by atoms with Gasteiger partial charge in [-0.15, -0.1) is 0 Å². The molecule has 3 aromatic rings. The fourth-order valence-corrected chi connectivity index (χ4v) is 5.85. The van der Waals surface area contributed by atoms with Crippen LogP contribution in [0.4, 0.5) is 4.39 Å². The molecule has 0 radical (unpaired) electrons. The van der Waals surface area contributed by atoms with Gasteiger partial charge in [-0.1, -0.05) is 47.5 Å². The minimum atomic E-state index is -3.89. The molecule has 2 heterocycles. The first kappa shape index (κ1) is 25.5. The predicted octanol–water partition coefficient (Wildman–Crippen LogP) is 5.52. The van der Waals surface area contributed by atoms with Gasteiger partial charge in [0.15, 0.2) is 6.23 Å². The van der Waals surface area contributed by atoms with Crippen molar-refractivity contribution in [1.82, 2.24) is 9.55 Å². The number of H-pyrrole nitrogens is 1. The number of nitrogens with zero attached hydrogens (tertiary/aromatic N) is 1. The number of halogens is 3. The van der Waals surface area contributed by atoms with Gasteiger partial charge >= 0.3 is 13.3 Å². The zero-order chi connectivity index (χ0) is 25.2. The summed E-state index contributed by atoms with van der Waals surface area (Å²) in [6.07, 6.45) is -2.27. The number of aromatic amines is 1. The molecule has 0 saturated carbocycles. The van der Waals surface area contributed by atoms with Crippen LogP contribution in [0.25, 0.3) is 0 Å². The number of alkyl halides is 1. The fourth-order valence-electron chi connectivity index (χ4n) is 3.66. The quantitative estimate of drug-likeness (QED) is 0.376. The minimum Gasteiger partial charge on any atom is -0.414 e. The van der Waals surface area contributed by atoms with Crippen LogP contribution in [0.2, 0.25) is 10.0 Å². The zero-order valence-electron chi connectivity index (χ0n) is 18.5.